The second-order valence-electron chi connectivity index (χ2n) is 3.58. The minimum Gasteiger partial charge on any atom is -0.479 e. The highest BCUT2D eigenvalue weighted by Crippen LogP contribution is 2.31. The van der Waals surface area contributed by atoms with E-state index in [-0.39, 0.29) is 11.4 Å². The first-order chi connectivity index (χ1) is 9.09. The molecule has 0 aliphatic carbocycles. The highest BCUT2D eigenvalue weighted by atomic mass is 16.7. The maximum atomic E-state index is 10.9. The number of carboxylic acid groups (broad SMARTS) is 1. The van der Waals surface area contributed by atoms with Gasteiger partial charge >= 0.3 is 11.7 Å². The first kappa shape index (κ1) is 12.7. The van der Waals surface area contributed by atoms with E-state index in [2.05, 4.69) is 10.5 Å². The molecule has 0 saturated carbocycles. The molecule has 8 nitrogen and oxygen atoms in total. The predicted octanol–water partition coefficient (Wildman–Crippen LogP) is 1.57. The molecule has 0 amide bonds. The van der Waals surface area contributed by atoms with Gasteiger partial charge in [-0.1, -0.05) is 18.2 Å². The molecule has 0 aliphatic heterocycles. The lowest BCUT2D eigenvalue weighted by Gasteiger charge is -2.08. The van der Waals surface area contributed by atoms with Crippen molar-refractivity contribution < 1.29 is 19.7 Å². The van der Waals surface area contributed by atoms with Crippen LogP contribution in [0.25, 0.3) is 10.9 Å². The van der Waals surface area contributed by atoms with Gasteiger partial charge in [0.25, 0.3) is 0 Å². The molecule has 8 heteroatoms. The maximum Gasteiger partial charge on any atom is 0.332 e. The molecule has 2 rings (SSSR count). The van der Waals surface area contributed by atoms with Crippen molar-refractivity contribution in [2.75, 3.05) is 12.1 Å². The number of anilines is 1. The summed E-state index contributed by atoms with van der Waals surface area (Å²) in [6, 6.07) is 6.74. The summed E-state index contributed by atoms with van der Waals surface area (Å²) in [5, 5.41) is 19.9. The van der Waals surface area contributed by atoms with Crippen molar-refractivity contribution in [2.45, 2.75) is 0 Å². The number of carboxylic acids is 1. The normalized spacial score (nSPS) is 10.3. The van der Waals surface area contributed by atoms with E-state index in [4.69, 9.17) is 9.94 Å². The van der Waals surface area contributed by atoms with E-state index < -0.39 is 17.5 Å². The minimum absolute atomic E-state index is 0.0804. The zero-order chi connectivity index (χ0) is 13.8. The van der Waals surface area contributed by atoms with E-state index in [1.165, 1.54) is 0 Å². The number of rotatable bonds is 5. The SMILES string of the molecule is O=C(O)CONc1c([N+](=O)[O-])cnc2ccccc12. The van der Waals surface area contributed by atoms with Crippen LogP contribution in [0.2, 0.25) is 0 Å². The van der Waals surface area contributed by atoms with Gasteiger partial charge < -0.3 is 5.11 Å². The van der Waals surface area contributed by atoms with Gasteiger partial charge in [-0.2, -0.15) is 0 Å². The Morgan fingerprint density at radius 2 is 2.21 bits per heavy atom. The van der Waals surface area contributed by atoms with Crippen LogP contribution in [0.15, 0.2) is 30.5 Å². The molecule has 0 atom stereocenters. The summed E-state index contributed by atoms with van der Waals surface area (Å²) in [6.07, 6.45) is 1.09. The molecule has 0 fully saturated rings. The third-order valence-electron chi connectivity index (χ3n) is 2.32. The lowest BCUT2D eigenvalue weighted by atomic mass is 10.2. The van der Waals surface area contributed by atoms with Gasteiger partial charge in [0, 0.05) is 5.39 Å². The Morgan fingerprint density at radius 1 is 1.47 bits per heavy atom. The molecule has 0 bridgehead atoms. The third kappa shape index (κ3) is 2.75. The van der Waals surface area contributed by atoms with Gasteiger partial charge in [0.05, 0.1) is 10.4 Å². The number of aliphatic carboxylic acids is 1. The number of benzene rings is 1. The molecule has 0 aliphatic rings. The Hall–Kier alpha value is -2.74. The Kier molecular flexibility index (Phi) is 3.53. The third-order valence-corrected chi connectivity index (χ3v) is 2.32. The molecular formula is C11H9N3O5. The maximum absolute atomic E-state index is 10.9. The number of hydrogen-bond acceptors (Lipinski definition) is 6. The van der Waals surface area contributed by atoms with E-state index in [0.29, 0.717) is 10.9 Å². The lowest BCUT2D eigenvalue weighted by Crippen LogP contribution is -2.12. The summed E-state index contributed by atoms with van der Waals surface area (Å²) in [5.41, 5.74) is 2.64. The van der Waals surface area contributed by atoms with Crippen molar-refractivity contribution in [1.82, 2.24) is 4.98 Å². The second kappa shape index (κ2) is 5.27. The summed E-state index contributed by atoms with van der Waals surface area (Å²) < 4.78 is 0. The van der Waals surface area contributed by atoms with Crippen molar-refractivity contribution in [3.63, 3.8) is 0 Å². The van der Waals surface area contributed by atoms with Crippen LogP contribution in [0.5, 0.6) is 0 Å². The average molecular weight is 263 g/mol. The summed E-state index contributed by atoms with van der Waals surface area (Å²) in [6.45, 7) is -0.617. The van der Waals surface area contributed by atoms with Crippen LogP contribution in [-0.2, 0) is 9.63 Å². The van der Waals surface area contributed by atoms with Crippen molar-refractivity contribution in [3.05, 3.63) is 40.6 Å². The fourth-order valence-electron chi connectivity index (χ4n) is 1.55. The van der Waals surface area contributed by atoms with Gasteiger partial charge in [0.1, 0.15) is 11.9 Å². The van der Waals surface area contributed by atoms with E-state index in [0.717, 1.165) is 6.20 Å². The molecule has 1 heterocycles. The topological polar surface area (TPSA) is 115 Å². The summed E-state index contributed by atoms with van der Waals surface area (Å²) >= 11 is 0. The van der Waals surface area contributed by atoms with Gasteiger partial charge in [-0.15, -0.1) is 0 Å². The fraction of sp³-hybridized carbons (Fsp3) is 0.0909. The van der Waals surface area contributed by atoms with Crippen LogP contribution in [0.4, 0.5) is 11.4 Å². The Morgan fingerprint density at radius 3 is 2.89 bits per heavy atom. The van der Waals surface area contributed by atoms with Gasteiger partial charge in [-0.05, 0) is 6.07 Å². The van der Waals surface area contributed by atoms with Gasteiger partial charge in [-0.3, -0.25) is 20.4 Å². The van der Waals surface area contributed by atoms with E-state index in [1.54, 1.807) is 24.3 Å². The Labute approximate surface area is 106 Å². The molecule has 2 N–H and O–H groups in total. The number of nitro groups is 1. The molecule has 0 spiro atoms. The number of pyridine rings is 1. The second-order valence-corrected chi connectivity index (χ2v) is 3.58. The molecule has 98 valence electrons. The number of hydrogen-bond donors (Lipinski definition) is 2. The van der Waals surface area contributed by atoms with Crippen molar-refractivity contribution in [3.8, 4) is 0 Å². The van der Waals surface area contributed by atoms with Crippen LogP contribution in [0.1, 0.15) is 0 Å². The highest BCUT2D eigenvalue weighted by molar-refractivity contribution is 5.95. The number of carbonyl (C=O) groups is 1. The smallest absolute Gasteiger partial charge is 0.332 e. The summed E-state index contributed by atoms with van der Waals surface area (Å²) in [5.74, 6) is -1.19. The molecule has 19 heavy (non-hydrogen) atoms. The average Bonchev–Trinajstić information content (AvgIpc) is 2.38. The number of fused-ring (bicyclic) bond motifs is 1. The summed E-state index contributed by atoms with van der Waals surface area (Å²) in [7, 11) is 0. The molecule has 1 aromatic carbocycles. The first-order valence-corrected chi connectivity index (χ1v) is 5.21. The Bertz CT molecular complexity index is 643. The van der Waals surface area contributed by atoms with Gasteiger partial charge in [0.15, 0.2) is 6.61 Å². The monoisotopic (exact) mass is 263 g/mol. The molecule has 0 unspecified atom stereocenters. The van der Waals surface area contributed by atoms with Crippen LogP contribution in [-0.4, -0.2) is 27.6 Å². The predicted molar refractivity (Wildman–Crippen MR) is 65.6 cm³/mol. The number of nitrogens with one attached hydrogen (secondary N) is 1. The molecule has 1 aromatic heterocycles. The summed E-state index contributed by atoms with van der Waals surface area (Å²) in [4.78, 5) is 29.3. The first-order valence-electron chi connectivity index (χ1n) is 5.21. The van der Waals surface area contributed by atoms with Crippen LogP contribution in [0, 0.1) is 10.1 Å². The highest BCUT2D eigenvalue weighted by Gasteiger charge is 2.18. The van der Waals surface area contributed by atoms with Crippen LogP contribution >= 0.6 is 0 Å². The number of nitrogens with zero attached hydrogens (tertiary/aromatic N) is 2. The Balaban J connectivity index is 2.43. The van der Waals surface area contributed by atoms with Crippen molar-refractivity contribution in [2.24, 2.45) is 0 Å². The molecule has 0 saturated heterocycles. The van der Waals surface area contributed by atoms with Crippen molar-refractivity contribution in [1.29, 1.82) is 0 Å². The number of para-hydroxylation sites is 1. The van der Waals surface area contributed by atoms with Crippen LogP contribution < -0.4 is 5.48 Å². The molecule has 2 aromatic rings. The van der Waals surface area contributed by atoms with Gasteiger partial charge in [-0.25, -0.2) is 9.78 Å². The standard InChI is InChI=1S/C11H9N3O5/c15-10(16)6-19-13-11-7-3-1-2-4-8(7)12-5-9(11)14(17)18/h1-5H,6H2,(H,12,13)(H,15,16). The minimum atomic E-state index is -1.19. The van der Waals surface area contributed by atoms with Crippen molar-refractivity contribution >= 4 is 28.2 Å². The zero-order valence-corrected chi connectivity index (χ0v) is 9.57. The number of aromatic nitrogens is 1. The van der Waals surface area contributed by atoms with E-state index >= 15 is 0 Å². The van der Waals surface area contributed by atoms with E-state index in [1.807, 2.05) is 0 Å². The zero-order valence-electron chi connectivity index (χ0n) is 9.57. The largest absolute Gasteiger partial charge is 0.479 e. The quantitative estimate of drug-likeness (QED) is 0.621. The van der Waals surface area contributed by atoms with E-state index in [9.17, 15) is 14.9 Å². The molecular weight excluding hydrogens is 254 g/mol. The molecule has 0 radical (unpaired) electrons. The lowest BCUT2D eigenvalue weighted by molar-refractivity contribution is -0.384. The van der Waals surface area contributed by atoms with Gasteiger partial charge in [0.2, 0.25) is 0 Å². The fourth-order valence-corrected chi connectivity index (χ4v) is 1.55. The van der Waals surface area contributed by atoms with Crippen LogP contribution in [0.3, 0.4) is 0 Å².